The first-order valence-corrected chi connectivity index (χ1v) is 12.5. The fraction of sp³-hybridized carbons (Fsp3) is 0.310. The number of nitrogens with zero attached hydrogens (tertiary/aromatic N) is 2. The Bertz CT molecular complexity index is 1280. The quantitative estimate of drug-likeness (QED) is 0.480. The Morgan fingerprint density at radius 3 is 2.39 bits per heavy atom. The van der Waals surface area contributed by atoms with Crippen molar-refractivity contribution in [3.8, 4) is 11.5 Å². The molecule has 2 atom stereocenters. The van der Waals surface area contributed by atoms with Crippen LogP contribution in [0, 0.1) is 5.92 Å². The molecule has 0 bridgehead atoms. The van der Waals surface area contributed by atoms with Crippen molar-refractivity contribution in [3.05, 3.63) is 94.0 Å². The number of halogens is 1. The van der Waals surface area contributed by atoms with Crippen molar-refractivity contribution < 1.29 is 19.1 Å². The van der Waals surface area contributed by atoms with Gasteiger partial charge in [0.2, 0.25) is 11.8 Å². The SMILES string of the molecule is COc1cc2c(cc1OC)[C@@H](c1ccccc1Cl)N(C(=O)[C@@H]1CC(=O)N(Cc3ccccc3)C1)CC2. The number of fused-ring (bicyclic) bond motifs is 1. The number of carbonyl (C=O) groups is 2. The maximum Gasteiger partial charge on any atom is 0.228 e. The van der Waals surface area contributed by atoms with Crippen molar-refractivity contribution >= 4 is 23.4 Å². The monoisotopic (exact) mass is 504 g/mol. The van der Waals surface area contributed by atoms with Gasteiger partial charge in [0.15, 0.2) is 11.5 Å². The topological polar surface area (TPSA) is 59.1 Å². The molecular weight excluding hydrogens is 476 g/mol. The van der Waals surface area contributed by atoms with Crippen molar-refractivity contribution in [3.63, 3.8) is 0 Å². The number of methoxy groups -OCH3 is 2. The van der Waals surface area contributed by atoms with Crippen molar-refractivity contribution in [2.45, 2.75) is 25.4 Å². The number of benzene rings is 3. The number of likely N-dealkylation sites (tertiary alicyclic amines) is 1. The molecule has 186 valence electrons. The Morgan fingerprint density at radius 2 is 1.67 bits per heavy atom. The Balaban J connectivity index is 1.48. The second-order valence-electron chi connectivity index (χ2n) is 9.27. The van der Waals surface area contributed by atoms with E-state index >= 15 is 0 Å². The molecule has 6 nitrogen and oxygen atoms in total. The molecule has 0 N–H and O–H groups in total. The highest BCUT2D eigenvalue weighted by Crippen LogP contribution is 2.43. The van der Waals surface area contributed by atoms with Gasteiger partial charge in [-0.15, -0.1) is 0 Å². The largest absolute Gasteiger partial charge is 0.493 e. The van der Waals surface area contributed by atoms with Gasteiger partial charge in [-0.25, -0.2) is 0 Å². The molecule has 2 amide bonds. The summed E-state index contributed by atoms with van der Waals surface area (Å²) < 4.78 is 11.1. The maximum absolute atomic E-state index is 14.0. The van der Waals surface area contributed by atoms with Crippen LogP contribution in [0.15, 0.2) is 66.7 Å². The number of amides is 2. The van der Waals surface area contributed by atoms with E-state index in [4.69, 9.17) is 21.1 Å². The van der Waals surface area contributed by atoms with Crippen LogP contribution >= 0.6 is 11.6 Å². The number of hydrogen-bond acceptors (Lipinski definition) is 4. The average molecular weight is 505 g/mol. The van der Waals surface area contributed by atoms with E-state index in [2.05, 4.69) is 0 Å². The first-order chi connectivity index (χ1) is 17.5. The zero-order chi connectivity index (χ0) is 25.2. The molecule has 5 rings (SSSR count). The fourth-order valence-corrected chi connectivity index (χ4v) is 5.58. The third kappa shape index (κ3) is 4.53. The van der Waals surface area contributed by atoms with Crippen molar-refractivity contribution in [1.29, 1.82) is 0 Å². The molecule has 0 aliphatic carbocycles. The molecule has 0 aromatic heterocycles. The van der Waals surface area contributed by atoms with Crippen LogP contribution < -0.4 is 9.47 Å². The van der Waals surface area contributed by atoms with Gasteiger partial charge in [-0.1, -0.05) is 60.1 Å². The van der Waals surface area contributed by atoms with E-state index in [1.54, 1.807) is 19.1 Å². The standard InChI is InChI=1S/C29H29ClN2O4/c1-35-25-14-20-12-13-32(28(23(20)16-26(25)36-2)22-10-6-7-11-24(22)30)29(34)21-15-27(33)31(18-21)17-19-8-4-3-5-9-19/h3-11,14,16,21,28H,12-13,15,17-18H2,1-2H3/t21-,28-/m1/s1. The lowest BCUT2D eigenvalue weighted by Gasteiger charge is -2.39. The highest BCUT2D eigenvalue weighted by Gasteiger charge is 2.41. The van der Waals surface area contributed by atoms with E-state index < -0.39 is 5.92 Å². The summed E-state index contributed by atoms with van der Waals surface area (Å²) in [6.07, 6.45) is 0.896. The Hall–Kier alpha value is -3.51. The molecule has 0 unspecified atom stereocenters. The van der Waals surface area contributed by atoms with E-state index in [9.17, 15) is 9.59 Å². The summed E-state index contributed by atoms with van der Waals surface area (Å²) in [5.41, 5.74) is 3.97. The van der Waals surface area contributed by atoms with Gasteiger partial charge in [0.25, 0.3) is 0 Å². The van der Waals surface area contributed by atoms with E-state index in [1.165, 1.54) is 0 Å². The predicted molar refractivity (Wildman–Crippen MR) is 138 cm³/mol. The van der Waals surface area contributed by atoms with Crippen molar-refractivity contribution in [2.75, 3.05) is 27.3 Å². The summed E-state index contributed by atoms with van der Waals surface area (Å²) >= 11 is 6.67. The van der Waals surface area contributed by atoms with Gasteiger partial charge in [-0.05, 0) is 46.9 Å². The molecule has 1 fully saturated rings. The third-order valence-corrected chi connectivity index (χ3v) is 7.48. The number of rotatable bonds is 6. The van der Waals surface area contributed by atoms with Gasteiger partial charge in [0.05, 0.1) is 26.2 Å². The molecule has 36 heavy (non-hydrogen) atoms. The molecule has 2 aliphatic heterocycles. The zero-order valence-electron chi connectivity index (χ0n) is 20.4. The summed E-state index contributed by atoms with van der Waals surface area (Å²) in [4.78, 5) is 30.5. The van der Waals surface area contributed by atoms with Gasteiger partial charge in [0, 0.05) is 31.1 Å². The first kappa shape index (κ1) is 24.2. The second-order valence-corrected chi connectivity index (χ2v) is 9.68. The van der Waals surface area contributed by atoms with Crippen LogP contribution in [0.1, 0.15) is 34.7 Å². The minimum Gasteiger partial charge on any atom is -0.493 e. The minimum atomic E-state index is -0.395. The molecular formula is C29H29ClN2O4. The van der Waals surface area contributed by atoms with Crippen LogP contribution in [-0.2, 0) is 22.6 Å². The normalized spacial score (nSPS) is 19.2. The van der Waals surface area contributed by atoms with Crippen LogP contribution in [0.5, 0.6) is 11.5 Å². The van der Waals surface area contributed by atoms with Crippen LogP contribution in [-0.4, -0.2) is 48.9 Å². The predicted octanol–water partition coefficient (Wildman–Crippen LogP) is 4.88. The Kier molecular flexibility index (Phi) is 6.88. The van der Waals surface area contributed by atoms with Crippen molar-refractivity contribution in [2.24, 2.45) is 5.92 Å². The molecule has 2 heterocycles. The molecule has 3 aromatic rings. The second kappa shape index (κ2) is 10.2. The van der Waals surface area contributed by atoms with Gasteiger partial charge < -0.3 is 19.3 Å². The lowest BCUT2D eigenvalue weighted by atomic mass is 9.86. The Labute approximate surface area is 216 Å². The van der Waals surface area contributed by atoms with Gasteiger partial charge in [-0.3, -0.25) is 9.59 Å². The van der Waals surface area contributed by atoms with E-state index in [-0.39, 0.29) is 24.3 Å². The average Bonchev–Trinajstić information content (AvgIpc) is 3.27. The van der Waals surface area contributed by atoms with Crippen molar-refractivity contribution in [1.82, 2.24) is 9.80 Å². The first-order valence-electron chi connectivity index (χ1n) is 12.1. The van der Waals surface area contributed by atoms with Gasteiger partial charge in [0.1, 0.15) is 0 Å². The Morgan fingerprint density at radius 1 is 0.972 bits per heavy atom. The lowest BCUT2D eigenvalue weighted by Crippen LogP contribution is -2.44. The number of ether oxygens (including phenoxy) is 2. The number of carbonyl (C=O) groups excluding carboxylic acids is 2. The highest BCUT2D eigenvalue weighted by molar-refractivity contribution is 6.31. The van der Waals surface area contributed by atoms with Crippen LogP contribution in [0.3, 0.4) is 0 Å². The summed E-state index contributed by atoms with van der Waals surface area (Å²) in [7, 11) is 3.22. The van der Waals surface area contributed by atoms with E-state index in [0.29, 0.717) is 42.6 Å². The van der Waals surface area contributed by atoms with Gasteiger partial charge >= 0.3 is 0 Å². The highest BCUT2D eigenvalue weighted by atomic mass is 35.5. The molecule has 0 radical (unpaired) electrons. The third-order valence-electron chi connectivity index (χ3n) is 7.14. The molecule has 2 aliphatic rings. The number of hydrogen-bond donors (Lipinski definition) is 0. The summed E-state index contributed by atoms with van der Waals surface area (Å²) in [6, 6.07) is 21.0. The maximum atomic E-state index is 14.0. The van der Waals surface area contributed by atoms with E-state index in [1.807, 2.05) is 71.6 Å². The fourth-order valence-electron chi connectivity index (χ4n) is 5.34. The summed E-state index contributed by atoms with van der Waals surface area (Å²) in [6.45, 7) is 1.45. The molecule has 1 saturated heterocycles. The van der Waals surface area contributed by atoms with Crippen LogP contribution in [0.4, 0.5) is 0 Å². The van der Waals surface area contributed by atoms with Crippen LogP contribution in [0.2, 0.25) is 5.02 Å². The summed E-state index contributed by atoms with van der Waals surface area (Å²) in [5.74, 6) is 0.854. The minimum absolute atomic E-state index is 0.00955. The summed E-state index contributed by atoms with van der Waals surface area (Å²) in [5, 5.41) is 0.594. The van der Waals surface area contributed by atoms with Gasteiger partial charge in [-0.2, -0.15) is 0 Å². The zero-order valence-corrected chi connectivity index (χ0v) is 21.2. The molecule has 0 saturated carbocycles. The van der Waals surface area contributed by atoms with E-state index in [0.717, 1.165) is 22.3 Å². The smallest absolute Gasteiger partial charge is 0.228 e. The molecule has 7 heteroatoms. The van der Waals surface area contributed by atoms with Crippen LogP contribution in [0.25, 0.3) is 0 Å². The lowest BCUT2D eigenvalue weighted by molar-refractivity contribution is -0.137. The molecule has 3 aromatic carbocycles. The molecule has 0 spiro atoms.